The van der Waals surface area contributed by atoms with Gasteiger partial charge in [0.2, 0.25) is 0 Å². The van der Waals surface area contributed by atoms with Crippen LogP contribution in [0.3, 0.4) is 0 Å². The van der Waals surface area contributed by atoms with Gasteiger partial charge >= 0.3 is 17.9 Å². The summed E-state index contributed by atoms with van der Waals surface area (Å²) in [6.45, 7) is 6.59. The smallest absolute Gasteiger partial charge is 0.306 e. The molecule has 0 aromatic heterocycles. The van der Waals surface area contributed by atoms with Gasteiger partial charge in [-0.2, -0.15) is 0 Å². The first-order valence-electron chi connectivity index (χ1n) is 36.4. The Kier molecular flexibility index (Phi) is 68.6. The highest BCUT2D eigenvalue weighted by Crippen LogP contribution is 2.18. The summed E-state index contributed by atoms with van der Waals surface area (Å²) in [6, 6.07) is 0. The fraction of sp³-hybridized carbons (Fsp3) is 0.805. The van der Waals surface area contributed by atoms with E-state index >= 15 is 0 Å². The number of carbonyl (C=O) groups is 3. The van der Waals surface area contributed by atoms with Crippen LogP contribution in [0.2, 0.25) is 0 Å². The van der Waals surface area contributed by atoms with Gasteiger partial charge in [0, 0.05) is 19.3 Å². The number of rotatable bonds is 67. The average molecular weight is 1160 g/mol. The van der Waals surface area contributed by atoms with Crippen LogP contribution in [-0.4, -0.2) is 37.2 Å². The number of carbonyl (C=O) groups excluding carboxylic acids is 3. The van der Waals surface area contributed by atoms with Crippen LogP contribution < -0.4 is 0 Å². The third-order valence-corrected chi connectivity index (χ3v) is 16.2. The molecule has 0 aliphatic carbocycles. The van der Waals surface area contributed by atoms with Gasteiger partial charge in [-0.3, -0.25) is 14.4 Å². The molecule has 0 bridgehead atoms. The Bertz CT molecular complexity index is 1520. The minimum Gasteiger partial charge on any atom is -0.462 e. The molecule has 0 amide bonds. The van der Waals surface area contributed by atoms with E-state index in [0.29, 0.717) is 19.3 Å². The quantitative estimate of drug-likeness (QED) is 0.0261. The van der Waals surface area contributed by atoms with Gasteiger partial charge in [-0.25, -0.2) is 0 Å². The van der Waals surface area contributed by atoms with E-state index in [1.165, 1.54) is 244 Å². The van der Waals surface area contributed by atoms with E-state index < -0.39 is 6.10 Å². The summed E-state index contributed by atoms with van der Waals surface area (Å²) >= 11 is 0. The molecule has 1 atom stereocenters. The Morgan fingerprint density at radius 1 is 0.253 bits per heavy atom. The summed E-state index contributed by atoms with van der Waals surface area (Å²) in [5, 5.41) is 0. The molecule has 6 nitrogen and oxygen atoms in total. The molecule has 0 saturated carbocycles. The van der Waals surface area contributed by atoms with Gasteiger partial charge in [-0.15, -0.1) is 0 Å². The molecule has 1 unspecified atom stereocenters. The summed E-state index contributed by atoms with van der Waals surface area (Å²) in [7, 11) is 0. The lowest BCUT2D eigenvalue weighted by Gasteiger charge is -2.18. The van der Waals surface area contributed by atoms with Crippen LogP contribution in [0.1, 0.15) is 380 Å². The van der Waals surface area contributed by atoms with E-state index in [1.807, 2.05) is 0 Å². The van der Waals surface area contributed by atoms with Crippen molar-refractivity contribution in [2.24, 2.45) is 0 Å². The highest BCUT2D eigenvalue weighted by molar-refractivity contribution is 5.71. The molecule has 0 aliphatic heterocycles. The maximum atomic E-state index is 12.9. The van der Waals surface area contributed by atoms with Crippen LogP contribution in [0.15, 0.2) is 72.9 Å². The fourth-order valence-electron chi connectivity index (χ4n) is 10.8. The Morgan fingerprint density at radius 2 is 0.470 bits per heavy atom. The molecule has 0 spiro atoms. The number of ether oxygens (including phenoxy) is 3. The molecule has 0 aromatic carbocycles. The number of hydrogen-bond donors (Lipinski definition) is 0. The minimum atomic E-state index is -0.770. The number of unbranched alkanes of at least 4 members (excludes halogenated alkanes) is 44. The van der Waals surface area contributed by atoms with Crippen LogP contribution >= 0.6 is 0 Å². The second-order valence-electron chi connectivity index (χ2n) is 24.5. The van der Waals surface area contributed by atoms with Crippen LogP contribution in [0.4, 0.5) is 0 Å². The highest BCUT2D eigenvalue weighted by Gasteiger charge is 2.19. The van der Waals surface area contributed by atoms with E-state index in [-0.39, 0.29) is 31.1 Å². The van der Waals surface area contributed by atoms with Gasteiger partial charge in [-0.1, -0.05) is 363 Å². The molecule has 0 radical (unpaired) electrons. The monoisotopic (exact) mass is 1160 g/mol. The maximum Gasteiger partial charge on any atom is 0.306 e. The van der Waals surface area contributed by atoms with Crippen molar-refractivity contribution in [2.45, 2.75) is 386 Å². The van der Waals surface area contributed by atoms with E-state index in [1.54, 1.807) is 0 Å². The fourth-order valence-corrected chi connectivity index (χ4v) is 10.8. The Labute approximate surface area is 516 Å². The zero-order chi connectivity index (χ0) is 59.9. The zero-order valence-electron chi connectivity index (χ0n) is 55.5. The first-order valence-corrected chi connectivity index (χ1v) is 36.4. The van der Waals surface area contributed by atoms with Crippen molar-refractivity contribution in [1.82, 2.24) is 0 Å². The van der Waals surface area contributed by atoms with Crippen molar-refractivity contribution in [3.05, 3.63) is 72.9 Å². The predicted molar refractivity (Wildman–Crippen MR) is 362 cm³/mol. The molecule has 0 saturated heterocycles. The molecule has 0 rings (SSSR count). The molecule has 0 N–H and O–H groups in total. The summed E-state index contributed by atoms with van der Waals surface area (Å²) in [5.74, 6) is -0.840. The van der Waals surface area contributed by atoms with Gasteiger partial charge in [0.15, 0.2) is 6.10 Å². The SMILES string of the molecule is CC/C=C\C/C=C\C/C=C\C/C=C\C/C=C\C/C=C\CCCCCCCCCCCCCCCCCCC(=O)OCC(COC(=O)CCCCCCCCCCCCCC)OC(=O)CCCCCCCCCCCCCCCCCCCC. The summed E-state index contributed by atoms with van der Waals surface area (Å²) in [5.41, 5.74) is 0. The van der Waals surface area contributed by atoms with Crippen LogP contribution in [-0.2, 0) is 28.6 Å². The molecule has 482 valence electrons. The first-order chi connectivity index (χ1) is 41.0. The summed E-state index contributed by atoms with van der Waals surface area (Å²) in [6.07, 6.45) is 93.7. The lowest BCUT2D eigenvalue weighted by molar-refractivity contribution is -0.167. The Morgan fingerprint density at radius 3 is 0.735 bits per heavy atom. The number of allylic oxidation sites excluding steroid dienone is 12. The van der Waals surface area contributed by atoms with Crippen LogP contribution in [0.25, 0.3) is 0 Å². The molecule has 83 heavy (non-hydrogen) atoms. The molecular formula is C77H138O6. The maximum absolute atomic E-state index is 12.9. The second kappa shape index (κ2) is 71.3. The minimum absolute atomic E-state index is 0.0669. The van der Waals surface area contributed by atoms with E-state index in [4.69, 9.17) is 14.2 Å². The molecular weight excluding hydrogens is 1020 g/mol. The van der Waals surface area contributed by atoms with Gasteiger partial charge in [-0.05, 0) is 70.6 Å². The van der Waals surface area contributed by atoms with Crippen molar-refractivity contribution in [3.8, 4) is 0 Å². The Hall–Kier alpha value is -3.15. The normalized spacial score (nSPS) is 12.5. The third-order valence-electron chi connectivity index (χ3n) is 16.2. The van der Waals surface area contributed by atoms with E-state index in [0.717, 1.165) is 96.3 Å². The lowest BCUT2D eigenvalue weighted by Crippen LogP contribution is -2.30. The lowest BCUT2D eigenvalue weighted by atomic mass is 10.0. The molecule has 6 heteroatoms. The zero-order valence-corrected chi connectivity index (χ0v) is 55.5. The molecule has 0 fully saturated rings. The summed E-state index contributed by atoms with van der Waals surface area (Å²) < 4.78 is 17.0. The predicted octanol–water partition coefficient (Wildman–Crippen LogP) is 25.2. The number of esters is 3. The van der Waals surface area contributed by atoms with Crippen molar-refractivity contribution < 1.29 is 28.6 Å². The van der Waals surface area contributed by atoms with Gasteiger partial charge in [0.25, 0.3) is 0 Å². The van der Waals surface area contributed by atoms with E-state index in [9.17, 15) is 14.4 Å². The molecule has 0 heterocycles. The van der Waals surface area contributed by atoms with Crippen molar-refractivity contribution in [3.63, 3.8) is 0 Å². The Balaban J connectivity index is 4.12. The van der Waals surface area contributed by atoms with Gasteiger partial charge in [0.05, 0.1) is 0 Å². The van der Waals surface area contributed by atoms with Crippen molar-refractivity contribution >= 4 is 17.9 Å². The topological polar surface area (TPSA) is 78.9 Å². The van der Waals surface area contributed by atoms with E-state index in [2.05, 4.69) is 93.7 Å². The van der Waals surface area contributed by atoms with Gasteiger partial charge < -0.3 is 14.2 Å². The largest absolute Gasteiger partial charge is 0.462 e. The van der Waals surface area contributed by atoms with Crippen molar-refractivity contribution in [1.29, 1.82) is 0 Å². The van der Waals surface area contributed by atoms with Crippen LogP contribution in [0.5, 0.6) is 0 Å². The average Bonchev–Trinajstić information content (AvgIpc) is 3.49. The first kappa shape index (κ1) is 79.8. The standard InChI is InChI=1S/C77H138O6/c1-4-7-10-13-16-19-22-25-27-29-31-32-33-34-35-36-37-38-39-40-41-42-43-44-45-46-47-49-50-52-55-58-61-64-67-70-76(79)82-73-74(72-81-75(78)69-66-63-60-57-54-24-21-18-15-12-9-6-3)83-77(80)71-68-65-62-59-56-53-51-48-30-28-26-23-20-17-14-11-8-5-2/h7,10,16,19,25,27,31-32,34-35,37-38,74H,4-6,8-9,11-15,17-18,20-24,26,28-30,33,36,39-73H2,1-3H3/b10-7-,19-16-,27-25-,32-31-,35-34-,38-37-. The van der Waals surface area contributed by atoms with Crippen molar-refractivity contribution in [2.75, 3.05) is 13.2 Å². The highest BCUT2D eigenvalue weighted by atomic mass is 16.6. The molecule has 0 aliphatic rings. The van der Waals surface area contributed by atoms with Gasteiger partial charge in [0.1, 0.15) is 13.2 Å². The number of hydrogen-bond acceptors (Lipinski definition) is 6. The second-order valence-corrected chi connectivity index (χ2v) is 24.5. The summed E-state index contributed by atoms with van der Waals surface area (Å²) in [4.78, 5) is 38.4. The van der Waals surface area contributed by atoms with Crippen LogP contribution in [0, 0.1) is 0 Å². The third kappa shape index (κ3) is 69.5. The molecule has 0 aromatic rings.